The van der Waals surface area contributed by atoms with Gasteiger partial charge in [0.15, 0.2) is 11.7 Å². The number of amidine groups is 2. The predicted molar refractivity (Wildman–Crippen MR) is 152 cm³/mol. The lowest BCUT2D eigenvalue weighted by molar-refractivity contribution is 0.125. The highest BCUT2D eigenvalue weighted by atomic mass is 16.6. The fourth-order valence-corrected chi connectivity index (χ4v) is 4.21. The molecule has 38 heavy (non-hydrogen) atoms. The zero-order valence-corrected chi connectivity index (χ0v) is 21.9. The van der Waals surface area contributed by atoms with Gasteiger partial charge < -0.3 is 32.6 Å². The monoisotopic (exact) mass is 511 g/mol. The molecule has 9 nitrogen and oxygen atoms in total. The number of aromatic nitrogens is 1. The molecule has 0 atom stereocenters. The fourth-order valence-electron chi connectivity index (χ4n) is 4.21. The van der Waals surface area contributed by atoms with Crippen LogP contribution in [0.3, 0.4) is 0 Å². The second kappa shape index (κ2) is 11.6. The van der Waals surface area contributed by atoms with Crippen LogP contribution in [0.4, 0.5) is 5.82 Å². The molecule has 6 rings (SSSR count). The standard InChI is InChI=1S/C11H13N3.2C9H10N2O/c1-7-4-10-8(5-9(7)6-12)2-3-14-11(10)13;1-6-2-3-8-7(4-6)5-12-11-9(8)10;1-6-2-3-7-5-12-11-9(10)8(7)4-6/h2-5H,6,12H2,1H3,(H2,13,14);2*2-4H,5H2,1H3,(H2,10,11). The Morgan fingerprint density at radius 2 is 1.39 bits per heavy atom. The number of hydrogen-bond donors (Lipinski definition) is 4. The first-order chi connectivity index (χ1) is 18.3. The number of nitrogen functional groups attached to an aromatic ring is 1. The first-order valence-electron chi connectivity index (χ1n) is 12.2. The van der Waals surface area contributed by atoms with Gasteiger partial charge in [0.05, 0.1) is 0 Å². The molecule has 196 valence electrons. The summed E-state index contributed by atoms with van der Waals surface area (Å²) in [6, 6.07) is 18.2. The van der Waals surface area contributed by atoms with Gasteiger partial charge in [-0.3, -0.25) is 0 Å². The lowest BCUT2D eigenvalue weighted by atomic mass is 10.0. The number of nitrogens with two attached hydrogens (primary N) is 4. The summed E-state index contributed by atoms with van der Waals surface area (Å²) in [5.74, 6) is 1.52. The molecule has 4 aromatic rings. The van der Waals surface area contributed by atoms with E-state index in [1.165, 1.54) is 16.7 Å². The van der Waals surface area contributed by atoms with Crippen LogP contribution in [0, 0.1) is 20.8 Å². The molecular weight excluding hydrogens is 478 g/mol. The number of benzene rings is 3. The summed E-state index contributed by atoms with van der Waals surface area (Å²) in [4.78, 5) is 13.9. The molecule has 3 heterocycles. The molecule has 0 amide bonds. The number of hydrogen-bond acceptors (Lipinski definition) is 9. The number of fused-ring (bicyclic) bond motifs is 3. The molecule has 0 spiro atoms. The molecule has 0 aliphatic carbocycles. The molecule has 2 aliphatic rings. The maximum atomic E-state index is 5.77. The molecule has 1 aromatic heterocycles. The minimum Gasteiger partial charge on any atom is -0.389 e. The van der Waals surface area contributed by atoms with E-state index < -0.39 is 0 Å². The van der Waals surface area contributed by atoms with Crippen molar-refractivity contribution >= 4 is 28.3 Å². The van der Waals surface area contributed by atoms with Crippen molar-refractivity contribution in [2.45, 2.75) is 40.5 Å². The highest BCUT2D eigenvalue weighted by Gasteiger charge is 2.12. The minimum absolute atomic E-state index is 0.469. The van der Waals surface area contributed by atoms with E-state index in [2.05, 4.69) is 27.4 Å². The molecule has 0 fully saturated rings. The van der Waals surface area contributed by atoms with Crippen molar-refractivity contribution < 1.29 is 9.68 Å². The topological polar surface area (TPSA) is 160 Å². The summed E-state index contributed by atoms with van der Waals surface area (Å²) in [6.45, 7) is 7.72. The van der Waals surface area contributed by atoms with E-state index >= 15 is 0 Å². The van der Waals surface area contributed by atoms with Crippen LogP contribution in [0.15, 0.2) is 71.1 Å². The summed E-state index contributed by atoms with van der Waals surface area (Å²) in [5.41, 5.74) is 31.6. The third-order valence-electron chi connectivity index (χ3n) is 6.32. The Hall–Kier alpha value is -4.63. The van der Waals surface area contributed by atoms with E-state index in [0.29, 0.717) is 37.2 Å². The fraction of sp³-hybridized carbons (Fsp3) is 0.207. The molecule has 0 radical (unpaired) electrons. The minimum atomic E-state index is 0.469. The predicted octanol–water partition coefficient (Wildman–Crippen LogP) is 3.88. The van der Waals surface area contributed by atoms with Crippen molar-refractivity contribution in [2.24, 2.45) is 27.5 Å². The van der Waals surface area contributed by atoms with Gasteiger partial charge >= 0.3 is 0 Å². The maximum Gasteiger partial charge on any atom is 0.170 e. The Labute approximate surface area is 222 Å². The van der Waals surface area contributed by atoms with Gasteiger partial charge in [0.25, 0.3) is 0 Å². The van der Waals surface area contributed by atoms with Crippen molar-refractivity contribution in [3.63, 3.8) is 0 Å². The number of nitrogens with zero attached hydrogens (tertiary/aromatic N) is 3. The molecule has 0 bridgehead atoms. The maximum absolute atomic E-state index is 5.77. The molecule has 0 unspecified atom stereocenters. The first-order valence-corrected chi connectivity index (χ1v) is 12.2. The molecule has 0 saturated heterocycles. The van der Waals surface area contributed by atoms with E-state index in [1.54, 1.807) is 6.20 Å². The van der Waals surface area contributed by atoms with Gasteiger partial charge in [-0.1, -0.05) is 51.8 Å². The first kappa shape index (κ1) is 26.4. The van der Waals surface area contributed by atoms with Gasteiger partial charge in [-0.2, -0.15) is 0 Å². The van der Waals surface area contributed by atoms with Crippen LogP contribution in [-0.2, 0) is 29.4 Å². The third-order valence-corrected chi connectivity index (χ3v) is 6.32. The number of oxime groups is 2. The van der Waals surface area contributed by atoms with Gasteiger partial charge in [0.2, 0.25) is 0 Å². The second-order valence-corrected chi connectivity index (χ2v) is 9.22. The SMILES string of the molecule is Cc1cc2c(N)nccc2cc1CN.Cc1ccc2c(c1)C(N)=NOC2.Cc1ccc2c(c1)CON=C2N. The summed E-state index contributed by atoms with van der Waals surface area (Å²) >= 11 is 0. The highest BCUT2D eigenvalue weighted by Crippen LogP contribution is 2.23. The molecule has 9 heteroatoms. The average molecular weight is 512 g/mol. The summed E-state index contributed by atoms with van der Waals surface area (Å²) in [5, 5.41) is 9.50. The van der Waals surface area contributed by atoms with Crippen molar-refractivity contribution in [3.05, 3.63) is 105 Å². The van der Waals surface area contributed by atoms with Crippen LogP contribution in [0.5, 0.6) is 0 Å². The van der Waals surface area contributed by atoms with Crippen LogP contribution >= 0.6 is 0 Å². The van der Waals surface area contributed by atoms with Crippen molar-refractivity contribution in [2.75, 3.05) is 5.73 Å². The zero-order valence-electron chi connectivity index (χ0n) is 21.9. The van der Waals surface area contributed by atoms with Crippen LogP contribution in [0.2, 0.25) is 0 Å². The summed E-state index contributed by atoms with van der Waals surface area (Å²) < 4.78 is 0. The van der Waals surface area contributed by atoms with Crippen LogP contribution in [0.1, 0.15) is 44.5 Å². The Balaban J connectivity index is 0.000000133. The van der Waals surface area contributed by atoms with E-state index in [0.717, 1.165) is 38.6 Å². The summed E-state index contributed by atoms with van der Waals surface area (Å²) in [6.07, 6.45) is 1.72. The Morgan fingerprint density at radius 3 is 2.13 bits per heavy atom. The number of aryl methyl sites for hydroxylation is 3. The quantitative estimate of drug-likeness (QED) is 0.302. The van der Waals surface area contributed by atoms with Crippen LogP contribution in [0.25, 0.3) is 10.8 Å². The molecule has 2 aliphatic heterocycles. The number of rotatable bonds is 1. The van der Waals surface area contributed by atoms with Crippen LogP contribution < -0.4 is 22.9 Å². The highest BCUT2D eigenvalue weighted by molar-refractivity contribution is 5.99. The normalized spacial score (nSPS) is 13.2. The molecular formula is C29H33N7O2. The van der Waals surface area contributed by atoms with Gasteiger partial charge in [-0.05, 0) is 61.5 Å². The van der Waals surface area contributed by atoms with E-state index in [-0.39, 0.29) is 0 Å². The van der Waals surface area contributed by atoms with E-state index in [1.807, 2.05) is 63.2 Å². The largest absolute Gasteiger partial charge is 0.389 e. The molecule has 0 saturated carbocycles. The van der Waals surface area contributed by atoms with Gasteiger partial charge in [-0.25, -0.2) is 4.98 Å². The van der Waals surface area contributed by atoms with Gasteiger partial charge in [0, 0.05) is 40.4 Å². The Kier molecular flexibility index (Phi) is 8.08. The van der Waals surface area contributed by atoms with E-state index in [4.69, 9.17) is 32.6 Å². The lowest BCUT2D eigenvalue weighted by Crippen LogP contribution is -2.20. The Bertz CT molecular complexity index is 1530. The third kappa shape index (κ3) is 6.01. The van der Waals surface area contributed by atoms with Gasteiger partial charge in [-0.15, -0.1) is 0 Å². The molecule has 3 aromatic carbocycles. The van der Waals surface area contributed by atoms with Crippen molar-refractivity contribution in [1.29, 1.82) is 0 Å². The summed E-state index contributed by atoms with van der Waals surface area (Å²) in [7, 11) is 0. The van der Waals surface area contributed by atoms with Crippen molar-refractivity contribution in [3.8, 4) is 0 Å². The smallest absolute Gasteiger partial charge is 0.170 e. The van der Waals surface area contributed by atoms with Crippen LogP contribution in [-0.4, -0.2) is 16.7 Å². The average Bonchev–Trinajstić information content (AvgIpc) is 2.90. The Morgan fingerprint density at radius 1 is 0.737 bits per heavy atom. The zero-order chi connectivity index (χ0) is 27.2. The number of anilines is 1. The number of pyridine rings is 1. The van der Waals surface area contributed by atoms with Gasteiger partial charge in [0.1, 0.15) is 19.0 Å². The van der Waals surface area contributed by atoms with E-state index in [9.17, 15) is 0 Å². The lowest BCUT2D eigenvalue weighted by Gasteiger charge is -2.13. The molecule has 8 N–H and O–H groups in total. The second-order valence-electron chi connectivity index (χ2n) is 9.22. The van der Waals surface area contributed by atoms with Crippen molar-refractivity contribution in [1.82, 2.24) is 4.98 Å².